The first kappa shape index (κ1) is 10.5. The second kappa shape index (κ2) is 5.19. The number of carbonyl (C=O) groups is 1. The van der Waals surface area contributed by atoms with Crippen molar-refractivity contribution in [3.8, 4) is 0 Å². The third kappa shape index (κ3) is 3.32. The largest absolute Gasteiger partial charge is 0.481 e. The highest BCUT2D eigenvalue weighted by atomic mass is 16.5. The number of rotatable bonds is 4. The number of aliphatic carboxylic acids is 1. The highest BCUT2D eigenvalue weighted by Gasteiger charge is 2.22. The molecule has 0 aliphatic carbocycles. The van der Waals surface area contributed by atoms with Crippen LogP contribution < -0.4 is 5.73 Å². The molecule has 0 unspecified atom stereocenters. The lowest BCUT2D eigenvalue weighted by Gasteiger charge is -2.24. The maximum Gasteiger partial charge on any atom is 0.307 e. The van der Waals surface area contributed by atoms with Crippen molar-refractivity contribution in [2.75, 3.05) is 19.8 Å². The average molecular weight is 187 g/mol. The second-order valence-corrected chi connectivity index (χ2v) is 3.56. The van der Waals surface area contributed by atoms with Gasteiger partial charge in [0.1, 0.15) is 0 Å². The molecule has 4 nitrogen and oxygen atoms in total. The Bertz CT molecular complexity index is 166. The maximum absolute atomic E-state index is 10.7. The quantitative estimate of drug-likeness (QED) is 0.670. The molecule has 13 heavy (non-hydrogen) atoms. The van der Waals surface area contributed by atoms with Crippen molar-refractivity contribution in [3.05, 3.63) is 0 Å². The van der Waals surface area contributed by atoms with Gasteiger partial charge in [-0.25, -0.2) is 0 Å². The van der Waals surface area contributed by atoms with E-state index in [0.29, 0.717) is 12.3 Å². The van der Waals surface area contributed by atoms with E-state index in [1.165, 1.54) is 0 Å². The lowest BCUT2D eigenvalue weighted by Crippen LogP contribution is -2.28. The Hall–Kier alpha value is -0.610. The fourth-order valence-corrected chi connectivity index (χ4v) is 1.68. The van der Waals surface area contributed by atoms with Crippen LogP contribution in [0.2, 0.25) is 0 Å². The van der Waals surface area contributed by atoms with Crippen molar-refractivity contribution in [1.82, 2.24) is 0 Å². The molecular weight excluding hydrogens is 170 g/mol. The van der Waals surface area contributed by atoms with Crippen LogP contribution in [0.15, 0.2) is 0 Å². The molecule has 1 rings (SSSR count). The van der Waals surface area contributed by atoms with E-state index in [0.717, 1.165) is 26.1 Å². The zero-order valence-electron chi connectivity index (χ0n) is 7.74. The van der Waals surface area contributed by atoms with Crippen molar-refractivity contribution in [1.29, 1.82) is 0 Å². The predicted octanol–water partition coefficient (Wildman–Crippen LogP) is 0.463. The fourth-order valence-electron chi connectivity index (χ4n) is 1.68. The second-order valence-electron chi connectivity index (χ2n) is 3.56. The molecule has 4 heteroatoms. The molecule has 76 valence electrons. The first-order valence-electron chi connectivity index (χ1n) is 4.74. The highest BCUT2D eigenvalue weighted by molar-refractivity contribution is 5.70. The third-order valence-corrected chi connectivity index (χ3v) is 2.59. The van der Waals surface area contributed by atoms with Crippen molar-refractivity contribution >= 4 is 5.97 Å². The van der Waals surface area contributed by atoms with Crippen LogP contribution in [-0.4, -0.2) is 30.8 Å². The Labute approximate surface area is 78.1 Å². The normalized spacial score (nSPS) is 21.3. The Morgan fingerprint density at radius 1 is 1.54 bits per heavy atom. The molecule has 0 bridgehead atoms. The molecule has 1 atom stereocenters. The summed E-state index contributed by atoms with van der Waals surface area (Å²) in [7, 11) is 0. The minimum absolute atomic E-state index is 0.243. The summed E-state index contributed by atoms with van der Waals surface area (Å²) in [5.41, 5.74) is 5.38. The minimum Gasteiger partial charge on any atom is -0.481 e. The molecule has 0 amide bonds. The van der Waals surface area contributed by atoms with Gasteiger partial charge in [0.25, 0.3) is 0 Å². The smallest absolute Gasteiger partial charge is 0.307 e. The Morgan fingerprint density at radius 3 is 2.62 bits per heavy atom. The molecule has 0 saturated carbocycles. The van der Waals surface area contributed by atoms with Crippen molar-refractivity contribution in [3.63, 3.8) is 0 Å². The fraction of sp³-hybridized carbons (Fsp3) is 0.889. The summed E-state index contributed by atoms with van der Waals surface area (Å²) in [6.07, 6.45) is 2.66. The van der Waals surface area contributed by atoms with E-state index in [4.69, 9.17) is 15.6 Å². The first-order chi connectivity index (χ1) is 6.24. The van der Waals surface area contributed by atoms with Crippen LogP contribution in [-0.2, 0) is 9.53 Å². The predicted molar refractivity (Wildman–Crippen MR) is 48.3 cm³/mol. The van der Waals surface area contributed by atoms with Gasteiger partial charge in [-0.15, -0.1) is 0 Å². The number of ether oxygens (including phenoxy) is 1. The molecular formula is C9H17NO3. The van der Waals surface area contributed by atoms with Crippen molar-refractivity contribution in [2.45, 2.75) is 19.3 Å². The molecule has 1 aliphatic heterocycles. The Morgan fingerprint density at radius 2 is 2.15 bits per heavy atom. The molecule has 1 fully saturated rings. The molecule has 3 N–H and O–H groups in total. The van der Waals surface area contributed by atoms with E-state index in [1.807, 2.05) is 0 Å². The van der Waals surface area contributed by atoms with E-state index in [-0.39, 0.29) is 12.5 Å². The van der Waals surface area contributed by atoms with Gasteiger partial charge < -0.3 is 15.6 Å². The van der Waals surface area contributed by atoms with Crippen LogP contribution in [0.25, 0.3) is 0 Å². The molecule has 1 aliphatic rings. The van der Waals surface area contributed by atoms with Crippen molar-refractivity contribution < 1.29 is 14.6 Å². The average Bonchev–Trinajstić information content (AvgIpc) is 2.15. The van der Waals surface area contributed by atoms with Crippen LogP contribution >= 0.6 is 0 Å². The molecule has 0 spiro atoms. The maximum atomic E-state index is 10.7. The number of nitrogens with two attached hydrogens (primary N) is 1. The number of carboxylic acid groups (broad SMARTS) is 1. The van der Waals surface area contributed by atoms with Gasteiger partial charge in [-0.1, -0.05) is 0 Å². The lowest BCUT2D eigenvalue weighted by molar-refractivity contribution is -0.142. The van der Waals surface area contributed by atoms with Gasteiger partial charge in [0.15, 0.2) is 0 Å². The van der Waals surface area contributed by atoms with Gasteiger partial charge in [-0.2, -0.15) is 0 Å². The topological polar surface area (TPSA) is 72.5 Å². The molecule has 1 heterocycles. The van der Waals surface area contributed by atoms with Crippen LogP contribution in [0.3, 0.4) is 0 Å². The molecule has 1 saturated heterocycles. The molecule has 0 aromatic carbocycles. The Balaban J connectivity index is 2.31. The highest BCUT2D eigenvalue weighted by Crippen LogP contribution is 2.22. The SMILES string of the molecule is NC[C@@H](CC1CCOCC1)C(=O)O. The number of hydrogen-bond donors (Lipinski definition) is 2. The first-order valence-corrected chi connectivity index (χ1v) is 4.74. The molecule has 0 aromatic rings. The summed E-state index contributed by atoms with van der Waals surface area (Å²) >= 11 is 0. The van der Waals surface area contributed by atoms with Gasteiger partial charge in [-0.3, -0.25) is 4.79 Å². The third-order valence-electron chi connectivity index (χ3n) is 2.59. The standard InChI is InChI=1S/C9H17NO3/c10-6-8(9(11)12)5-7-1-3-13-4-2-7/h7-8H,1-6,10H2,(H,11,12)/t8-/m1/s1. The zero-order valence-corrected chi connectivity index (χ0v) is 7.74. The van der Waals surface area contributed by atoms with Gasteiger partial charge >= 0.3 is 5.97 Å². The van der Waals surface area contributed by atoms with E-state index < -0.39 is 5.97 Å². The van der Waals surface area contributed by atoms with Gasteiger partial charge in [0, 0.05) is 19.8 Å². The number of carboxylic acids is 1. The van der Waals surface area contributed by atoms with E-state index in [2.05, 4.69) is 0 Å². The molecule has 0 aromatic heterocycles. The van der Waals surface area contributed by atoms with Crippen molar-refractivity contribution in [2.24, 2.45) is 17.6 Å². The van der Waals surface area contributed by atoms with E-state index in [9.17, 15) is 4.79 Å². The van der Waals surface area contributed by atoms with E-state index >= 15 is 0 Å². The number of hydrogen-bond acceptors (Lipinski definition) is 3. The monoisotopic (exact) mass is 187 g/mol. The van der Waals surface area contributed by atoms with Crippen LogP contribution in [0.4, 0.5) is 0 Å². The lowest BCUT2D eigenvalue weighted by atomic mass is 9.89. The van der Waals surface area contributed by atoms with Crippen LogP contribution in [0, 0.1) is 11.8 Å². The summed E-state index contributed by atoms with van der Waals surface area (Å²) in [6, 6.07) is 0. The summed E-state index contributed by atoms with van der Waals surface area (Å²) < 4.78 is 5.20. The van der Waals surface area contributed by atoms with Crippen LogP contribution in [0.5, 0.6) is 0 Å². The minimum atomic E-state index is -0.769. The van der Waals surface area contributed by atoms with Crippen LogP contribution in [0.1, 0.15) is 19.3 Å². The van der Waals surface area contributed by atoms with E-state index in [1.54, 1.807) is 0 Å². The van der Waals surface area contributed by atoms with Gasteiger partial charge in [0.2, 0.25) is 0 Å². The van der Waals surface area contributed by atoms with Gasteiger partial charge in [0.05, 0.1) is 5.92 Å². The zero-order chi connectivity index (χ0) is 9.68. The summed E-state index contributed by atoms with van der Waals surface area (Å²) in [5.74, 6) is -0.657. The Kier molecular flexibility index (Phi) is 4.18. The summed E-state index contributed by atoms with van der Waals surface area (Å²) in [4.78, 5) is 10.7. The summed E-state index contributed by atoms with van der Waals surface area (Å²) in [5, 5.41) is 8.79. The molecule has 0 radical (unpaired) electrons. The summed E-state index contributed by atoms with van der Waals surface area (Å²) in [6.45, 7) is 1.77. The van der Waals surface area contributed by atoms with Gasteiger partial charge in [-0.05, 0) is 25.2 Å².